The van der Waals surface area contributed by atoms with Gasteiger partial charge in [-0.15, -0.1) is 0 Å². The van der Waals surface area contributed by atoms with E-state index < -0.39 is 11.2 Å². The normalized spacial score (nSPS) is 16.9. The van der Waals surface area contributed by atoms with Gasteiger partial charge in [-0.1, -0.05) is 0 Å². The zero-order valence-corrected chi connectivity index (χ0v) is 10.4. The number of aromatic nitrogens is 2. The fourth-order valence-corrected chi connectivity index (χ4v) is 2.08. The Morgan fingerprint density at radius 1 is 1.33 bits per heavy atom. The largest absolute Gasteiger partial charge is 0.385 e. The van der Waals surface area contributed by atoms with Crippen molar-refractivity contribution in [1.29, 1.82) is 0 Å². The first-order valence-electron chi connectivity index (χ1n) is 6.05. The second kappa shape index (κ2) is 5.36. The molecule has 0 saturated carbocycles. The van der Waals surface area contributed by atoms with Gasteiger partial charge in [-0.2, -0.15) is 0 Å². The smallest absolute Gasteiger partial charge is 0.329 e. The highest BCUT2D eigenvalue weighted by atomic mass is 16.5. The number of anilines is 1. The third-order valence-corrected chi connectivity index (χ3v) is 3.14. The number of hydrogen-bond acceptors (Lipinski definition) is 5. The summed E-state index contributed by atoms with van der Waals surface area (Å²) in [5.74, 6) is 0.262. The third kappa shape index (κ3) is 2.46. The molecule has 0 aromatic carbocycles. The van der Waals surface area contributed by atoms with Crippen LogP contribution in [0.2, 0.25) is 0 Å². The Hall–Kier alpha value is -1.60. The molecular formula is C11H18N4O3. The number of aromatic amines is 1. The van der Waals surface area contributed by atoms with Crippen molar-refractivity contribution in [2.75, 3.05) is 32.0 Å². The maximum atomic E-state index is 11.8. The van der Waals surface area contributed by atoms with E-state index >= 15 is 0 Å². The monoisotopic (exact) mass is 254 g/mol. The summed E-state index contributed by atoms with van der Waals surface area (Å²) in [6.45, 7) is 5.56. The predicted octanol–water partition coefficient (Wildman–Crippen LogP) is -1.03. The molecular weight excluding hydrogens is 236 g/mol. The molecule has 18 heavy (non-hydrogen) atoms. The number of nitrogens with two attached hydrogens (primary N) is 1. The molecule has 0 aliphatic carbocycles. The van der Waals surface area contributed by atoms with Crippen LogP contribution in [0.3, 0.4) is 0 Å². The average molecular weight is 254 g/mol. The number of H-pyrrole nitrogens is 1. The molecule has 1 aromatic rings. The molecule has 2 rings (SSSR count). The summed E-state index contributed by atoms with van der Waals surface area (Å²) in [5, 5.41) is 0. The molecule has 1 aliphatic rings. The maximum Gasteiger partial charge on any atom is 0.329 e. The lowest BCUT2D eigenvalue weighted by Gasteiger charge is -2.26. The van der Waals surface area contributed by atoms with E-state index in [0.717, 1.165) is 13.1 Å². The molecule has 1 aromatic heterocycles. The van der Waals surface area contributed by atoms with Crippen LogP contribution in [0, 0.1) is 0 Å². The number of morpholine rings is 1. The van der Waals surface area contributed by atoms with Crippen molar-refractivity contribution in [2.45, 2.75) is 20.0 Å². The second-order valence-corrected chi connectivity index (χ2v) is 4.26. The maximum absolute atomic E-state index is 11.8. The molecule has 1 fully saturated rings. The van der Waals surface area contributed by atoms with E-state index in [2.05, 4.69) is 9.88 Å². The summed E-state index contributed by atoms with van der Waals surface area (Å²) >= 11 is 0. The standard InChI is InChI=1S/C11H18N4O3/c1-2-15-9(12)8(10(16)13-11(15)17)7-14-3-5-18-6-4-14/h2-7,12H2,1H3,(H,13,16,17). The van der Waals surface area contributed by atoms with Gasteiger partial charge >= 0.3 is 5.69 Å². The van der Waals surface area contributed by atoms with Crippen molar-refractivity contribution in [3.63, 3.8) is 0 Å². The van der Waals surface area contributed by atoms with Gasteiger partial charge < -0.3 is 10.5 Å². The Labute approximate surface area is 104 Å². The Morgan fingerprint density at radius 3 is 2.61 bits per heavy atom. The summed E-state index contributed by atoms with van der Waals surface area (Å²) in [5.41, 5.74) is 5.51. The highest BCUT2D eigenvalue weighted by Gasteiger charge is 2.17. The van der Waals surface area contributed by atoms with Gasteiger partial charge in [0.25, 0.3) is 5.56 Å². The van der Waals surface area contributed by atoms with Crippen LogP contribution in [0.4, 0.5) is 5.82 Å². The summed E-state index contributed by atoms with van der Waals surface area (Å²) < 4.78 is 6.62. The SMILES string of the molecule is CCn1c(N)c(CN2CCOCC2)c(=O)[nH]c1=O. The van der Waals surface area contributed by atoms with E-state index in [9.17, 15) is 9.59 Å². The van der Waals surface area contributed by atoms with Gasteiger partial charge in [0.05, 0.1) is 18.8 Å². The van der Waals surface area contributed by atoms with Crippen molar-refractivity contribution >= 4 is 5.82 Å². The van der Waals surface area contributed by atoms with Crippen molar-refractivity contribution in [1.82, 2.24) is 14.5 Å². The van der Waals surface area contributed by atoms with Gasteiger partial charge in [-0.05, 0) is 6.92 Å². The molecule has 1 aliphatic heterocycles. The van der Waals surface area contributed by atoms with Gasteiger partial charge in [-0.3, -0.25) is 19.2 Å². The number of nitrogens with one attached hydrogen (secondary N) is 1. The van der Waals surface area contributed by atoms with Gasteiger partial charge in [-0.25, -0.2) is 4.79 Å². The fraction of sp³-hybridized carbons (Fsp3) is 0.636. The lowest BCUT2D eigenvalue weighted by Crippen LogP contribution is -2.40. The topological polar surface area (TPSA) is 93.3 Å². The van der Waals surface area contributed by atoms with Gasteiger partial charge in [0.15, 0.2) is 0 Å². The van der Waals surface area contributed by atoms with Crippen molar-refractivity contribution in [2.24, 2.45) is 0 Å². The Bertz CT molecular complexity index is 528. The molecule has 2 heterocycles. The van der Waals surface area contributed by atoms with Crippen LogP contribution < -0.4 is 17.0 Å². The lowest BCUT2D eigenvalue weighted by atomic mass is 10.2. The number of hydrogen-bond donors (Lipinski definition) is 2. The average Bonchev–Trinajstić information content (AvgIpc) is 2.36. The van der Waals surface area contributed by atoms with Crippen LogP contribution in [0.15, 0.2) is 9.59 Å². The molecule has 0 spiro atoms. The van der Waals surface area contributed by atoms with E-state index in [-0.39, 0.29) is 5.82 Å². The molecule has 0 unspecified atom stereocenters. The Kier molecular flexibility index (Phi) is 3.83. The summed E-state index contributed by atoms with van der Waals surface area (Å²) in [4.78, 5) is 27.7. The zero-order chi connectivity index (χ0) is 13.1. The fourth-order valence-electron chi connectivity index (χ4n) is 2.08. The number of nitrogen functional groups attached to an aromatic ring is 1. The molecule has 7 heteroatoms. The van der Waals surface area contributed by atoms with E-state index in [1.54, 1.807) is 0 Å². The molecule has 3 N–H and O–H groups in total. The molecule has 1 saturated heterocycles. The van der Waals surface area contributed by atoms with Crippen LogP contribution in [-0.4, -0.2) is 40.8 Å². The van der Waals surface area contributed by atoms with Gasteiger partial charge in [0.1, 0.15) is 5.82 Å². The molecule has 0 atom stereocenters. The first kappa shape index (κ1) is 12.8. The van der Waals surface area contributed by atoms with Crippen molar-refractivity contribution < 1.29 is 4.74 Å². The van der Waals surface area contributed by atoms with Gasteiger partial charge in [0.2, 0.25) is 0 Å². The highest BCUT2D eigenvalue weighted by molar-refractivity contribution is 5.38. The predicted molar refractivity (Wildman–Crippen MR) is 67.5 cm³/mol. The molecule has 7 nitrogen and oxygen atoms in total. The van der Waals surface area contributed by atoms with Crippen LogP contribution in [0.5, 0.6) is 0 Å². The van der Waals surface area contributed by atoms with E-state index in [1.807, 2.05) is 6.92 Å². The minimum atomic E-state index is -0.453. The zero-order valence-electron chi connectivity index (χ0n) is 10.4. The number of nitrogens with zero attached hydrogens (tertiary/aromatic N) is 2. The van der Waals surface area contributed by atoms with E-state index in [0.29, 0.717) is 31.9 Å². The van der Waals surface area contributed by atoms with Crippen LogP contribution in [-0.2, 0) is 17.8 Å². The number of ether oxygens (including phenoxy) is 1. The van der Waals surface area contributed by atoms with Crippen LogP contribution in [0.1, 0.15) is 12.5 Å². The lowest BCUT2D eigenvalue weighted by molar-refractivity contribution is 0.0340. The Morgan fingerprint density at radius 2 is 2.00 bits per heavy atom. The third-order valence-electron chi connectivity index (χ3n) is 3.14. The van der Waals surface area contributed by atoms with E-state index in [4.69, 9.17) is 10.5 Å². The molecule has 0 amide bonds. The van der Waals surface area contributed by atoms with Crippen LogP contribution in [0.25, 0.3) is 0 Å². The van der Waals surface area contributed by atoms with Crippen LogP contribution >= 0.6 is 0 Å². The van der Waals surface area contributed by atoms with Gasteiger partial charge in [0, 0.05) is 26.2 Å². The first-order chi connectivity index (χ1) is 8.63. The molecule has 0 radical (unpaired) electrons. The quantitative estimate of drug-likeness (QED) is 0.719. The summed E-state index contributed by atoms with van der Waals surface area (Å²) in [7, 11) is 0. The number of rotatable bonds is 3. The van der Waals surface area contributed by atoms with Crippen molar-refractivity contribution in [3.05, 3.63) is 26.4 Å². The minimum absolute atomic E-state index is 0.262. The summed E-state index contributed by atoms with van der Waals surface area (Å²) in [6.07, 6.45) is 0. The first-order valence-corrected chi connectivity index (χ1v) is 6.05. The van der Waals surface area contributed by atoms with E-state index in [1.165, 1.54) is 4.57 Å². The van der Waals surface area contributed by atoms with Crippen molar-refractivity contribution in [3.8, 4) is 0 Å². The highest BCUT2D eigenvalue weighted by Crippen LogP contribution is 2.09. The Balaban J connectivity index is 2.32. The molecule has 100 valence electrons. The second-order valence-electron chi connectivity index (χ2n) is 4.26. The molecule has 0 bridgehead atoms. The summed E-state index contributed by atoms with van der Waals surface area (Å²) in [6, 6.07) is 0. The minimum Gasteiger partial charge on any atom is -0.385 e.